The largest absolute Gasteiger partial charge is 0.448 e. The lowest BCUT2D eigenvalue weighted by Crippen LogP contribution is -2.38. The van der Waals surface area contributed by atoms with Crippen molar-refractivity contribution in [1.29, 1.82) is 0 Å². The van der Waals surface area contributed by atoms with E-state index in [2.05, 4.69) is 4.90 Å². The molecule has 5 heteroatoms. The first kappa shape index (κ1) is 11.9. The number of halogens is 1. The molecule has 1 aliphatic rings. The fourth-order valence-corrected chi connectivity index (χ4v) is 1.92. The van der Waals surface area contributed by atoms with Gasteiger partial charge in [-0.1, -0.05) is 0 Å². The van der Waals surface area contributed by atoms with Gasteiger partial charge in [0.1, 0.15) is 5.76 Å². The molecule has 2 heterocycles. The number of ether oxygens (including phenoxy) is 2. The van der Waals surface area contributed by atoms with Crippen LogP contribution in [0.25, 0.3) is 0 Å². The summed E-state index contributed by atoms with van der Waals surface area (Å²) in [5.41, 5.74) is 0. The molecular weight excluding hydrogens is 230 g/mol. The summed E-state index contributed by atoms with van der Waals surface area (Å²) in [6.07, 6.45) is 0.157. The van der Waals surface area contributed by atoms with Gasteiger partial charge in [0.25, 0.3) is 0 Å². The first-order chi connectivity index (χ1) is 7.74. The third-order valence-electron chi connectivity index (χ3n) is 2.45. The van der Waals surface area contributed by atoms with Gasteiger partial charge in [-0.15, -0.1) is 0 Å². The Morgan fingerprint density at radius 3 is 2.94 bits per heavy atom. The van der Waals surface area contributed by atoms with Crippen molar-refractivity contribution in [2.24, 2.45) is 0 Å². The van der Waals surface area contributed by atoms with E-state index in [1.807, 2.05) is 13.1 Å². The average molecular weight is 246 g/mol. The molecule has 0 unspecified atom stereocenters. The number of rotatable bonds is 4. The zero-order chi connectivity index (χ0) is 11.4. The van der Waals surface area contributed by atoms with Crippen molar-refractivity contribution in [3.8, 4) is 0 Å². The van der Waals surface area contributed by atoms with Crippen molar-refractivity contribution in [2.45, 2.75) is 12.6 Å². The highest BCUT2D eigenvalue weighted by molar-refractivity contribution is 6.28. The summed E-state index contributed by atoms with van der Waals surface area (Å²) in [6.45, 7) is 3.62. The van der Waals surface area contributed by atoms with Crippen molar-refractivity contribution >= 4 is 11.6 Å². The Kier molecular flexibility index (Phi) is 4.23. The fraction of sp³-hybridized carbons (Fsp3) is 0.636. The number of likely N-dealkylation sites (N-methyl/N-ethyl adjacent to an activating group) is 1. The molecule has 1 aliphatic heterocycles. The molecule has 0 aromatic carbocycles. The normalized spacial score (nSPS) is 21.6. The Morgan fingerprint density at radius 2 is 2.31 bits per heavy atom. The Morgan fingerprint density at radius 1 is 1.44 bits per heavy atom. The maximum absolute atomic E-state index is 5.71. The summed E-state index contributed by atoms with van der Waals surface area (Å²) in [5.74, 6) is 0.865. The third kappa shape index (κ3) is 3.49. The minimum Gasteiger partial charge on any atom is -0.448 e. The van der Waals surface area contributed by atoms with E-state index in [1.165, 1.54) is 0 Å². The van der Waals surface area contributed by atoms with Crippen molar-refractivity contribution in [2.75, 3.05) is 33.4 Å². The molecule has 2 rings (SSSR count). The Hall–Kier alpha value is -0.550. The number of hydrogen-bond donors (Lipinski definition) is 0. The van der Waals surface area contributed by atoms with Gasteiger partial charge in [-0.2, -0.15) is 0 Å². The van der Waals surface area contributed by atoms with E-state index in [0.29, 0.717) is 25.0 Å². The lowest BCUT2D eigenvalue weighted by Gasteiger charge is -2.26. The van der Waals surface area contributed by atoms with Gasteiger partial charge in [-0.25, -0.2) is 0 Å². The first-order valence-corrected chi connectivity index (χ1v) is 5.74. The minimum absolute atomic E-state index is 0.157. The number of furan rings is 1. The van der Waals surface area contributed by atoms with E-state index in [-0.39, 0.29) is 6.10 Å². The highest BCUT2D eigenvalue weighted by Gasteiger charge is 2.16. The Bertz CT molecular complexity index is 323. The van der Waals surface area contributed by atoms with Crippen LogP contribution in [0.4, 0.5) is 0 Å². The van der Waals surface area contributed by atoms with Gasteiger partial charge in [-0.05, 0) is 30.8 Å². The smallest absolute Gasteiger partial charge is 0.193 e. The maximum atomic E-state index is 5.71. The highest BCUT2D eigenvalue weighted by atomic mass is 35.5. The van der Waals surface area contributed by atoms with Crippen LogP contribution in [0, 0.1) is 0 Å². The zero-order valence-corrected chi connectivity index (χ0v) is 10.1. The van der Waals surface area contributed by atoms with E-state index in [0.717, 1.165) is 18.8 Å². The van der Waals surface area contributed by atoms with Crippen molar-refractivity contribution in [3.05, 3.63) is 23.1 Å². The van der Waals surface area contributed by atoms with E-state index < -0.39 is 0 Å². The zero-order valence-electron chi connectivity index (χ0n) is 9.32. The van der Waals surface area contributed by atoms with E-state index in [9.17, 15) is 0 Å². The molecule has 1 aromatic rings. The SMILES string of the molecule is CN(Cc1ccc(Cl)o1)C[C@@H]1COCCO1. The molecule has 1 fully saturated rings. The molecule has 0 spiro atoms. The topological polar surface area (TPSA) is 34.8 Å². The summed E-state index contributed by atoms with van der Waals surface area (Å²) in [6, 6.07) is 3.64. The summed E-state index contributed by atoms with van der Waals surface area (Å²) in [5, 5.41) is 0.431. The maximum Gasteiger partial charge on any atom is 0.193 e. The van der Waals surface area contributed by atoms with Crippen molar-refractivity contribution in [1.82, 2.24) is 4.90 Å². The van der Waals surface area contributed by atoms with Gasteiger partial charge in [0, 0.05) is 6.54 Å². The van der Waals surface area contributed by atoms with Gasteiger partial charge in [0.05, 0.1) is 32.5 Å². The van der Waals surface area contributed by atoms with Gasteiger partial charge >= 0.3 is 0 Å². The first-order valence-electron chi connectivity index (χ1n) is 5.36. The fourth-order valence-electron chi connectivity index (χ4n) is 1.76. The van der Waals surface area contributed by atoms with Crippen molar-refractivity contribution < 1.29 is 13.9 Å². The predicted molar refractivity (Wildman–Crippen MR) is 60.6 cm³/mol. The monoisotopic (exact) mass is 245 g/mol. The van der Waals surface area contributed by atoms with Crippen LogP contribution in [0.3, 0.4) is 0 Å². The summed E-state index contributed by atoms with van der Waals surface area (Å²) >= 11 is 5.71. The molecule has 1 saturated heterocycles. The van der Waals surface area contributed by atoms with Crippen LogP contribution < -0.4 is 0 Å². The van der Waals surface area contributed by atoms with Crippen LogP contribution in [-0.4, -0.2) is 44.4 Å². The van der Waals surface area contributed by atoms with E-state index >= 15 is 0 Å². The standard InChI is InChI=1S/C11H16ClNO3/c1-13(6-9-2-3-11(12)16-9)7-10-8-14-4-5-15-10/h2-3,10H,4-8H2,1H3/t10-/m1/s1. The van der Waals surface area contributed by atoms with E-state index in [1.54, 1.807) is 6.07 Å². The summed E-state index contributed by atoms with van der Waals surface area (Å²) in [4.78, 5) is 2.13. The molecule has 0 saturated carbocycles. The average Bonchev–Trinajstić information content (AvgIpc) is 2.65. The van der Waals surface area contributed by atoms with Crippen LogP contribution in [0.5, 0.6) is 0 Å². The summed E-state index contributed by atoms with van der Waals surface area (Å²) < 4.78 is 16.2. The third-order valence-corrected chi connectivity index (χ3v) is 2.66. The summed E-state index contributed by atoms with van der Waals surface area (Å²) in [7, 11) is 2.02. The van der Waals surface area contributed by atoms with Crippen LogP contribution in [0.15, 0.2) is 16.5 Å². The van der Waals surface area contributed by atoms with Gasteiger partial charge in [0.2, 0.25) is 0 Å². The minimum atomic E-state index is 0.157. The van der Waals surface area contributed by atoms with Crippen LogP contribution in [0.2, 0.25) is 5.22 Å². The molecule has 0 bridgehead atoms. The van der Waals surface area contributed by atoms with Gasteiger partial charge in [0.15, 0.2) is 5.22 Å². The molecule has 1 aromatic heterocycles. The second-order valence-electron chi connectivity index (χ2n) is 3.97. The molecule has 0 radical (unpaired) electrons. The van der Waals surface area contributed by atoms with Crippen LogP contribution >= 0.6 is 11.6 Å². The quantitative estimate of drug-likeness (QED) is 0.810. The highest BCUT2D eigenvalue weighted by Crippen LogP contribution is 2.14. The molecule has 0 aliphatic carbocycles. The Labute approximate surface area is 100 Å². The Balaban J connectivity index is 1.77. The van der Waals surface area contributed by atoms with Gasteiger partial charge in [-0.3, -0.25) is 4.90 Å². The molecular formula is C11H16ClNO3. The molecule has 90 valence electrons. The van der Waals surface area contributed by atoms with Gasteiger partial charge < -0.3 is 13.9 Å². The molecule has 16 heavy (non-hydrogen) atoms. The number of hydrogen-bond acceptors (Lipinski definition) is 4. The number of nitrogens with zero attached hydrogens (tertiary/aromatic N) is 1. The van der Waals surface area contributed by atoms with Crippen LogP contribution in [-0.2, 0) is 16.0 Å². The molecule has 1 atom stereocenters. The van der Waals surface area contributed by atoms with Crippen molar-refractivity contribution in [3.63, 3.8) is 0 Å². The second-order valence-corrected chi connectivity index (χ2v) is 4.34. The lowest BCUT2D eigenvalue weighted by molar-refractivity contribution is -0.0965. The predicted octanol–water partition coefficient (Wildman–Crippen LogP) is 1.78. The van der Waals surface area contributed by atoms with Crippen LogP contribution in [0.1, 0.15) is 5.76 Å². The van der Waals surface area contributed by atoms with E-state index in [4.69, 9.17) is 25.5 Å². The molecule has 0 amide bonds. The second kappa shape index (κ2) is 5.68. The lowest BCUT2D eigenvalue weighted by atomic mass is 10.3. The molecule has 0 N–H and O–H groups in total. The molecule has 4 nitrogen and oxygen atoms in total.